The number of rotatable bonds is 5. The summed E-state index contributed by atoms with van der Waals surface area (Å²) in [6.45, 7) is 4.19. The molecule has 17 heavy (non-hydrogen) atoms. The molecule has 6 heteroatoms. The van der Waals surface area contributed by atoms with Crippen LogP contribution in [-0.2, 0) is 0 Å². The molecular weight excluding hydrogens is 261 g/mol. The third kappa shape index (κ3) is 5.77. The van der Waals surface area contributed by atoms with Gasteiger partial charge in [0, 0.05) is 28.8 Å². The zero-order valence-electron chi connectivity index (χ0n) is 9.52. The standard InChI is InChI=1S/C11H15Cl2N3O/c1-2-14-3-4-15-11(17)16-10-6-8(12)5-9(13)7-10/h5-7,14H,2-4H2,1H3,(H2,15,16,17). The number of halogens is 2. The quantitative estimate of drug-likeness (QED) is 0.724. The molecule has 0 aliphatic heterocycles. The van der Waals surface area contributed by atoms with E-state index in [0.29, 0.717) is 22.3 Å². The Morgan fingerprint density at radius 1 is 1.18 bits per heavy atom. The molecule has 0 aliphatic rings. The molecule has 0 unspecified atom stereocenters. The molecule has 0 radical (unpaired) electrons. The third-order valence-electron chi connectivity index (χ3n) is 1.96. The maximum absolute atomic E-state index is 11.5. The molecule has 0 saturated carbocycles. The second kappa shape index (κ2) is 7.37. The van der Waals surface area contributed by atoms with E-state index >= 15 is 0 Å². The van der Waals surface area contributed by atoms with E-state index in [0.717, 1.165) is 13.1 Å². The number of benzene rings is 1. The molecule has 0 aliphatic carbocycles. The van der Waals surface area contributed by atoms with E-state index in [1.807, 2.05) is 6.92 Å². The van der Waals surface area contributed by atoms with Crippen LogP contribution in [-0.4, -0.2) is 25.7 Å². The normalized spacial score (nSPS) is 10.1. The molecule has 1 aromatic rings. The van der Waals surface area contributed by atoms with Crippen LogP contribution in [0.15, 0.2) is 18.2 Å². The summed E-state index contributed by atoms with van der Waals surface area (Å²) in [5.74, 6) is 0. The number of carbonyl (C=O) groups is 1. The topological polar surface area (TPSA) is 53.2 Å². The maximum atomic E-state index is 11.5. The first-order valence-corrected chi connectivity index (χ1v) is 6.09. The molecule has 1 rings (SSSR count). The van der Waals surface area contributed by atoms with Crippen LogP contribution in [0.4, 0.5) is 10.5 Å². The summed E-state index contributed by atoms with van der Waals surface area (Å²) in [6.07, 6.45) is 0. The van der Waals surface area contributed by atoms with E-state index in [4.69, 9.17) is 23.2 Å². The lowest BCUT2D eigenvalue weighted by Gasteiger charge is -2.08. The molecule has 0 spiro atoms. The SMILES string of the molecule is CCNCCNC(=O)Nc1cc(Cl)cc(Cl)c1. The molecule has 94 valence electrons. The first kappa shape index (κ1) is 14.1. The van der Waals surface area contributed by atoms with Crippen molar-refractivity contribution in [2.45, 2.75) is 6.92 Å². The van der Waals surface area contributed by atoms with E-state index in [2.05, 4.69) is 16.0 Å². The zero-order chi connectivity index (χ0) is 12.7. The largest absolute Gasteiger partial charge is 0.337 e. The van der Waals surface area contributed by atoms with Gasteiger partial charge < -0.3 is 16.0 Å². The molecule has 0 atom stereocenters. The predicted molar refractivity (Wildman–Crippen MR) is 72.0 cm³/mol. The van der Waals surface area contributed by atoms with E-state index in [1.165, 1.54) is 0 Å². The van der Waals surface area contributed by atoms with Crippen molar-refractivity contribution >= 4 is 34.9 Å². The fourth-order valence-corrected chi connectivity index (χ4v) is 1.77. The van der Waals surface area contributed by atoms with Crippen molar-refractivity contribution in [2.75, 3.05) is 25.0 Å². The lowest BCUT2D eigenvalue weighted by atomic mass is 10.3. The molecule has 2 amide bonds. The Hall–Kier alpha value is -0.970. The summed E-state index contributed by atoms with van der Waals surface area (Å²) in [5.41, 5.74) is 0.573. The Morgan fingerprint density at radius 3 is 2.41 bits per heavy atom. The first-order valence-electron chi connectivity index (χ1n) is 5.33. The van der Waals surface area contributed by atoms with Gasteiger partial charge in [-0.1, -0.05) is 30.1 Å². The second-order valence-corrected chi connectivity index (χ2v) is 4.27. The number of urea groups is 1. The van der Waals surface area contributed by atoms with Crippen molar-refractivity contribution in [1.29, 1.82) is 0 Å². The number of likely N-dealkylation sites (N-methyl/N-ethyl adjacent to an activating group) is 1. The monoisotopic (exact) mass is 275 g/mol. The van der Waals surface area contributed by atoms with Crippen molar-refractivity contribution in [2.24, 2.45) is 0 Å². The van der Waals surface area contributed by atoms with E-state index in [1.54, 1.807) is 18.2 Å². The summed E-state index contributed by atoms with van der Waals surface area (Å²) >= 11 is 11.6. The summed E-state index contributed by atoms with van der Waals surface area (Å²) in [5, 5.41) is 9.43. The summed E-state index contributed by atoms with van der Waals surface area (Å²) < 4.78 is 0. The Morgan fingerprint density at radius 2 is 1.82 bits per heavy atom. The highest BCUT2D eigenvalue weighted by Crippen LogP contribution is 2.22. The van der Waals surface area contributed by atoms with Crippen molar-refractivity contribution in [3.05, 3.63) is 28.2 Å². The van der Waals surface area contributed by atoms with Crippen LogP contribution < -0.4 is 16.0 Å². The Balaban J connectivity index is 2.39. The van der Waals surface area contributed by atoms with Gasteiger partial charge in [0.1, 0.15) is 0 Å². The minimum absolute atomic E-state index is 0.277. The molecule has 0 heterocycles. The smallest absolute Gasteiger partial charge is 0.319 e. The molecule has 3 N–H and O–H groups in total. The lowest BCUT2D eigenvalue weighted by molar-refractivity contribution is 0.252. The molecule has 0 saturated heterocycles. The Bertz CT molecular complexity index is 365. The van der Waals surface area contributed by atoms with E-state index in [-0.39, 0.29) is 6.03 Å². The molecular formula is C11H15Cl2N3O. The highest BCUT2D eigenvalue weighted by atomic mass is 35.5. The van der Waals surface area contributed by atoms with Crippen LogP contribution in [0.3, 0.4) is 0 Å². The summed E-state index contributed by atoms with van der Waals surface area (Å²) in [6, 6.07) is 4.60. The van der Waals surface area contributed by atoms with Crippen molar-refractivity contribution < 1.29 is 4.79 Å². The van der Waals surface area contributed by atoms with Gasteiger partial charge in [-0.15, -0.1) is 0 Å². The number of nitrogens with one attached hydrogen (secondary N) is 3. The van der Waals surface area contributed by atoms with Gasteiger partial charge in [0.2, 0.25) is 0 Å². The van der Waals surface area contributed by atoms with Crippen LogP contribution in [0.2, 0.25) is 10.0 Å². The van der Waals surface area contributed by atoms with Gasteiger partial charge in [0.25, 0.3) is 0 Å². The van der Waals surface area contributed by atoms with Gasteiger partial charge in [-0.3, -0.25) is 0 Å². The minimum atomic E-state index is -0.277. The van der Waals surface area contributed by atoms with Gasteiger partial charge in [0.05, 0.1) is 0 Å². The average molecular weight is 276 g/mol. The Kier molecular flexibility index (Phi) is 6.11. The van der Waals surface area contributed by atoms with E-state index < -0.39 is 0 Å². The zero-order valence-corrected chi connectivity index (χ0v) is 11.0. The summed E-state index contributed by atoms with van der Waals surface area (Å²) in [7, 11) is 0. The maximum Gasteiger partial charge on any atom is 0.319 e. The summed E-state index contributed by atoms with van der Waals surface area (Å²) in [4.78, 5) is 11.5. The highest BCUT2D eigenvalue weighted by Gasteiger charge is 2.02. The molecule has 0 aromatic heterocycles. The fourth-order valence-electron chi connectivity index (χ4n) is 1.24. The number of anilines is 1. The molecule has 4 nitrogen and oxygen atoms in total. The number of amides is 2. The fraction of sp³-hybridized carbons (Fsp3) is 0.364. The molecule has 1 aromatic carbocycles. The minimum Gasteiger partial charge on any atom is -0.337 e. The van der Waals surface area contributed by atoms with Gasteiger partial charge in [-0.25, -0.2) is 4.79 Å². The average Bonchev–Trinajstić information content (AvgIpc) is 2.23. The molecule has 0 fully saturated rings. The van der Waals surface area contributed by atoms with Gasteiger partial charge >= 0.3 is 6.03 Å². The molecule has 0 bridgehead atoms. The van der Waals surface area contributed by atoms with Crippen LogP contribution in [0, 0.1) is 0 Å². The van der Waals surface area contributed by atoms with E-state index in [9.17, 15) is 4.79 Å². The van der Waals surface area contributed by atoms with Crippen molar-refractivity contribution in [3.63, 3.8) is 0 Å². The van der Waals surface area contributed by atoms with Gasteiger partial charge in [-0.05, 0) is 24.7 Å². The Labute approximate surface area is 111 Å². The number of hydrogen-bond donors (Lipinski definition) is 3. The van der Waals surface area contributed by atoms with Crippen molar-refractivity contribution in [1.82, 2.24) is 10.6 Å². The van der Waals surface area contributed by atoms with Gasteiger partial charge in [0.15, 0.2) is 0 Å². The van der Waals surface area contributed by atoms with Crippen LogP contribution in [0.1, 0.15) is 6.92 Å². The van der Waals surface area contributed by atoms with Crippen molar-refractivity contribution in [3.8, 4) is 0 Å². The van der Waals surface area contributed by atoms with Crippen LogP contribution >= 0.6 is 23.2 Å². The van der Waals surface area contributed by atoms with Gasteiger partial charge in [-0.2, -0.15) is 0 Å². The lowest BCUT2D eigenvalue weighted by Crippen LogP contribution is -2.34. The third-order valence-corrected chi connectivity index (χ3v) is 2.39. The second-order valence-electron chi connectivity index (χ2n) is 3.39. The predicted octanol–water partition coefficient (Wildman–Crippen LogP) is 2.72. The van der Waals surface area contributed by atoms with Crippen LogP contribution in [0.5, 0.6) is 0 Å². The first-order chi connectivity index (χ1) is 8.11. The number of carbonyl (C=O) groups excluding carboxylic acids is 1. The van der Waals surface area contributed by atoms with Crippen LogP contribution in [0.25, 0.3) is 0 Å². The number of hydrogen-bond acceptors (Lipinski definition) is 2. The highest BCUT2D eigenvalue weighted by molar-refractivity contribution is 6.35.